The van der Waals surface area contributed by atoms with E-state index in [4.69, 9.17) is 28.7 Å². The maximum atomic E-state index is 15.7. The Bertz CT molecular complexity index is 4930. The van der Waals surface area contributed by atoms with Crippen LogP contribution in [0.2, 0.25) is 0 Å². The van der Waals surface area contributed by atoms with Gasteiger partial charge in [-0.25, -0.2) is 0 Å². The summed E-state index contributed by atoms with van der Waals surface area (Å²) in [5, 5.41) is 60.8. The monoisotopic (exact) mass is 1800 g/mol. The summed E-state index contributed by atoms with van der Waals surface area (Å²) in [6, 6.07) is -4.63. The van der Waals surface area contributed by atoms with Crippen molar-refractivity contribution < 1.29 is 102 Å². The average Bonchev–Trinajstić information content (AvgIpc) is 1.67. The molecule has 42 nitrogen and oxygen atoms in total. The normalized spacial score (nSPS) is 25.8. The van der Waals surface area contributed by atoms with Crippen LogP contribution in [0.25, 0.3) is 21.0 Å². The summed E-state index contributed by atoms with van der Waals surface area (Å²) >= 11 is 2.11. The number of rotatable bonds is 21. The number of carbonyl (C=O) groups excluding carboxylic acids is 17. The molecule has 4 aliphatic rings. The fraction of sp³-hybridized carbons (Fsp3) is 0.518. The van der Waals surface area contributed by atoms with E-state index in [9.17, 15) is 77.6 Å². The van der Waals surface area contributed by atoms with Gasteiger partial charge in [0, 0.05) is 99.6 Å². The van der Waals surface area contributed by atoms with Crippen molar-refractivity contribution in [3.8, 4) is 5.75 Å². The third-order valence-electron chi connectivity index (χ3n) is 22.7. The van der Waals surface area contributed by atoms with Gasteiger partial charge in [0.05, 0.1) is 36.9 Å². The van der Waals surface area contributed by atoms with Crippen molar-refractivity contribution in [2.24, 2.45) is 28.7 Å². The molecular weight excluding hydrogens is 1690 g/mol. The predicted octanol–water partition coefficient (Wildman–Crippen LogP) is -4.83. The highest BCUT2D eigenvalue weighted by Crippen LogP contribution is 2.35. The van der Waals surface area contributed by atoms with Gasteiger partial charge in [0.15, 0.2) is 0 Å². The molecule has 0 unspecified atom stereocenters. The number of nitrogens with one attached hydrogen (secondary N) is 11. The number of aliphatic hydroxyl groups excluding tert-OH is 1. The Morgan fingerprint density at radius 3 is 1.82 bits per heavy atom. The van der Waals surface area contributed by atoms with Crippen LogP contribution in [0, 0.1) is 0 Å². The van der Waals surface area contributed by atoms with Crippen LogP contribution in [-0.2, 0) is 106 Å². The molecule has 127 heavy (non-hydrogen) atoms. The third-order valence-corrected chi connectivity index (χ3v) is 24.8. The molecule has 9 rings (SSSR count). The van der Waals surface area contributed by atoms with E-state index in [0.717, 1.165) is 46.3 Å². The summed E-state index contributed by atoms with van der Waals surface area (Å²) in [5.74, 6) is -20.0. The van der Waals surface area contributed by atoms with E-state index in [2.05, 4.69) is 58.2 Å². The van der Waals surface area contributed by atoms with Crippen LogP contribution in [-0.4, -0.2) is 302 Å². The number of nitrogens with two attached hydrogens (primary N) is 5. The number of phenolic OH excluding ortho intramolecular Hbond substituents is 1. The second-order valence-corrected chi connectivity index (χ2v) is 33.8. The molecule has 15 atom stereocenters. The van der Waals surface area contributed by atoms with E-state index in [1.54, 1.807) is 41.9 Å². The Balaban J connectivity index is 1.08. The summed E-state index contributed by atoms with van der Waals surface area (Å²) in [6.45, 7) is 1.78. The molecule has 5 aromatic rings. The Morgan fingerprint density at radius 1 is 0.575 bits per heavy atom. The lowest BCUT2D eigenvalue weighted by atomic mass is 9.95. The lowest BCUT2D eigenvalue weighted by molar-refractivity contribution is -0.149. The zero-order valence-electron chi connectivity index (χ0n) is 71.1. The third kappa shape index (κ3) is 25.3. The molecule has 44 heteroatoms. The Labute approximate surface area is 738 Å². The average molecular weight is 1810 g/mol. The molecule has 688 valence electrons. The van der Waals surface area contributed by atoms with E-state index >= 15 is 24.0 Å². The van der Waals surface area contributed by atoms with Crippen LogP contribution in [0.15, 0.2) is 78.3 Å². The standard InChI is InChI=1S/C83H113N21O21S2/c1-6-8-18-60-76(118)97-58(35-86)75(117)99-59(71(113)90-37-67(88)108)40-126-41-68(109)91-54-27-43-22-23-46(105)30-63(43)104(82(54)124)42(3)70(112)94-55(32-66(87)107)80(122)102-26-14-20-61(102)77(119)98-57(34-85)74(116)96-56(33-69(110)111)81(123)103-38-47(106)31-64(103)78(120)93-52(28-44-36-89-50-17-12-10-15-48(44)50)73(115)92-51(24-25-84)72(114)95-53(29-45-39-127-65-21-13-11-16-49(45)65)79(121)101(5)62(19-9-7-2)83(125)100(60)4/h10-13,15-17,21-23,30,36,39,42,47,51-62,64,89,105-106H,6-9,14,18-20,24-29,31-35,37-38,40-41,84-86H2,1-5H3,(H2,87,107)(H2,88,108)(H,90,113)(H,91,109)(H,92,115)(H,93,120)(H,94,112)(H,95,114)(H,96,116)(H,97,118)(H,98,119)(H,99,117)(H,110,111)/t42-,47+,51-,52-,53-,54-,55-,56-,57-,58-,59-,60-,61-,62-,64-/m0/s1. The molecule has 3 aromatic carbocycles. The summed E-state index contributed by atoms with van der Waals surface area (Å²) in [7, 11) is 2.70. The van der Waals surface area contributed by atoms with Crippen molar-refractivity contribution in [2.45, 2.75) is 208 Å². The molecule has 0 saturated carbocycles. The molecule has 17 amide bonds. The fourth-order valence-corrected chi connectivity index (χ4v) is 17.8. The van der Waals surface area contributed by atoms with Crippen LogP contribution in [0.1, 0.15) is 115 Å². The summed E-state index contributed by atoms with van der Waals surface area (Å²) in [4.78, 5) is 267. The number of fused-ring (bicyclic) bond motifs is 8. The number of amides is 17. The molecule has 24 N–H and O–H groups in total. The first-order chi connectivity index (χ1) is 60.5. The number of aromatic nitrogens is 1. The number of carboxylic acids is 1. The number of aromatic hydroxyl groups is 1. The van der Waals surface area contributed by atoms with Crippen molar-refractivity contribution >= 4 is 156 Å². The smallest absolute Gasteiger partial charge is 0.305 e. The highest BCUT2D eigenvalue weighted by Gasteiger charge is 2.48. The molecule has 3 saturated heterocycles. The number of likely N-dealkylation sites (N-methyl/N-ethyl adjacent to an activating group) is 2. The van der Waals surface area contributed by atoms with Gasteiger partial charge in [0.2, 0.25) is 94.5 Å². The van der Waals surface area contributed by atoms with Crippen LogP contribution >= 0.6 is 23.1 Å². The summed E-state index contributed by atoms with van der Waals surface area (Å²) < 4.78 is 0.821. The number of aliphatic carboxylic acids is 1. The second kappa shape index (κ2) is 45.7. The van der Waals surface area contributed by atoms with Gasteiger partial charge < -0.3 is 122 Å². The number of aliphatic hydroxyl groups is 1. The zero-order chi connectivity index (χ0) is 92.8. The number of para-hydroxylation sites is 1. The van der Waals surface area contributed by atoms with Crippen LogP contribution in [0.4, 0.5) is 5.69 Å². The number of nitrogens with zero attached hydrogens (tertiary/aromatic N) is 5. The highest BCUT2D eigenvalue weighted by atomic mass is 32.2. The maximum Gasteiger partial charge on any atom is 0.305 e. The summed E-state index contributed by atoms with van der Waals surface area (Å²) in [6.07, 6.45) is -1.75. The molecule has 4 aliphatic heterocycles. The minimum absolute atomic E-state index is 0.00467. The predicted molar refractivity (Wildman–Crippen MR) is 464 cm³/mol. The van der Waals surface area contributed by atoms with E-state index in [1.165, 1.54) is 50.6 Å². The Hall–Kier alpha value is -12.4. The van der Waals surface area contributed by atoms with E-state index in [1.807, 2.05) is 32.0 Å². The number of benzene rings is 3. The minimum Gasteiger partial charge on any atom is -0.508 e. The van der Waals surface area contributed by atoms with E-state index < -0.39 is 254 Å². The van der Waals surface area contributed by atoms with Crippen molar-refractivity contribution in [1.82, 2.24) is 77.8 Å². The number of hydrogen-bond acceptors (Lipinski definition) is 25. The first-order valence-electron chi connectivity index (χ1n) is 42.0. The van der Waals surface area contributed by atoms with Gasteiger partial charge in [-0.3, -0.25) is 91.2 Å². The van der Waals surface area contributed by atoms with E-state index in [0.29, 0.717) is 53.3 Å². The number of anilines is 1. The van der Waals surface area contributed by atoms with Gasteiger partial charge in [0.1, 0.15) is 90.3 Å². The van der Waals surface area contributed by atoms with Crippen LogP contribution in [0.3, 0.4) is 0 Å². The first-order valence-corrected chi connectivity index (χ1v) is 44.0. The van der Waals surface area contributed by atoms with Gasteiger partial charge in [-0.05, 0) is 91.2 Å². The topological polar surface area (TPSA) is 650 Å². The van der Waals surface area contributed by atoms with Gasteiger partial charge >= 0.3 is 5.97 Å². The van der Waals surface area contributed by atoms with Crippen LogP contribution < -0.4 is 86.7 Å². The van der Waals surface area contributed by atoms with Gasteiger partial charge in [-0.1, -0.05) is 82.0 Å². The van der Waals surface area contributed by atoms with Gasteiger partial charge in [0.25, 0.3) is 5.91 Å². The molecule has 6 heterocycles. The molecule has 0 spiro atoms. The lowest BCUT2D eigenvalue weighted by Crippen LogP contribution is -2.62. The van der Waals surface area contributed by atoms with Gasteiger partial charge in [-0.2, -0.15) is 0 Å². The lowest BCUT2D eigenvalue weighted by Gasteiger charge is -2.38. The number of H-pyrrole nitrogens is 1. The van der Waals surface area contributed by atoms with Crippen LogP contribution in [0.5, 0.6) is 5.75 Å². The number of carboxylic acid groups (broad SMARTS) is 1. The van der Waals surface area contributed by atoms with Gasteiger partial charge in [-0.15, -0.1) is 23.1 Å². The molecule has 3 fully saturated rings. The number of hydrogen-bond donors (Lipinski definition) is 19. The van der Waals surface area contributed by atoms with Crippen molar-refractivity contribution in [2.75, 3.05) is 69.8 Å². The SMILES string of the molecule is CCCC[C@H]1C(=O)N(C)[C@@H](CCCC)C(=O)N[C@@H](CN)C(=O)N[C@H](C(=O)NCC(N)=O)CSCC(=O)N[C@H]2Cc3ccc(O)cc3N(C2=O)[C@@H](C)C(=O)N[C@@H](CC(N)=O)C(=O)N2CCC[C@H]2C(=O)N[C@@H](CN)C(=O)N[C@@H](CC(=O)O)C(=O)N2C[C@H](O)C[C@H]2C(=O)N[C@@H](Cc2c[nH]c3ccccc23)C(=O)N[C@@H](CCN)C(=O)N[C@@H](Cc2csc3ccccc23)C(=O)N1C. The number of primary amides is 2. The molecular formula is C83H113N21O21S2. The minimum atomic E-state index is -2.06. The molecule has 2 bridgehead atoms. The second-order valence-electron chi connectivity index (χ2n) is 31.9. The number of thiophene rings is 1. The Kier molecular flexibility index (Phi) is 35.4. The number of phenols is 1. The molecule has 2 aromatic heterocycles. The molecule has 0 aliphatic carbocycles. The fourth-order valence-electron chi connectivity index (χ4n) is 15.9. The van der Waals surface area contributed by atoms with Crippen molar-refractivity contribution in [3.63, 3.8) is 0 Å². The quantitative estimate of drug-likeness (QED) is 0.0328. The maximum absolute atomic E-state index is 15.7. The van der Waals surface area contributed by atoms with E-state index in [-0.39, 0.29) is 75.9 Å². The van der Waals surface area contributed by atoms with Crippen molar-refractivity contribution in [3.05, 3.63) is 95.0 Å². The zero-order valence-corrected chi connectivity index (χ0v) is 72.7. The number of thioether (sulfide) groups is 1. The summed E-state index contributed by atoms with van der Waals surface area (Å²) in [5.41, 5.74) is 31.5. The largest absolute Gasteiger partial charge is 0.508 e. The molecule has 0 radical (unpaired) electrons. The number of unbranched alkanes of at least 4 members (excludes halogenated alkanes) is 2. The number of aromatic amines is 1. The highest BCUT2D eigenvalue weighted by molar-refractivity contribution is 8.00. The number of carbonyl (C=O) groups is 18. The Morgan fingerprint density at radius 2 is 1.15 bits per heavy atom. The first kappa shape index (κ1) is 98.4. The van der Waals surface area contributed by atoms with Crippen molar-refractivity contribution in [1.29, 1.82) is 0 Å².